The number of halogens is 1. The minimum Gasteiger partial charge on any atom is -0.326 e. The SMILES string of the molecule is CC(=O)Nc1ccc(F)c(NC(=O)C(C)N)c1. The van der Waals surface area contributed by atoms with Crippen LogP contribution in [0.25, 0.3) is 0 Å². The molecule has 1 rings (SSSR count). The van der Waals surface area contributed by atoms with Crippen molar-refractivity contribution in [2.24, 2.45) is 5.73 Å². The molecule has 0 spiro atoms. The first-order valence-electron chi connectivity index (χ1n) is 5.03. The number of nitrogens with two attached hydrogens (primary N) is 1. The van der Waals surface area contributed by atoms with Gasteiger partial charge >= 0.3 is 0 Å². The van der Waals surface area contributed by atoms with E-state index in [1.807, 2.05) is 0 Å². The Bertz CT molecular complexity index is 446. The zero-order valence-electron chi connectivity index (χ0n) is 9.58. The van der Waals surface area contributed by atoms with Crippen LogP contribution in [0.2, 0.25) is 0 Å². The van der Waals surface area contributed by atoms with E-state index in [4.69, 9.17) is 5.73 Å². The van der Waals surface area contributed by atoms with Crippen molar-refractivity contribution in [1.82, 2.24) is 0 Å². The topological polar surface area (TPSA) is 84.2 Å². The Morgan fingerprint density at radius 1 is 1.35 bits per heavy atom. The third-order valence-corrected chi connectivity index (χ3v) is 1.96. The van der Waals surface area contributed by atoms with Crippen LogP contribution in [0.15, 0.2) is 18.2 Å². The van der Waals surface area contributed by atoms with Crippen LogP contribution in [-0.2, 0) is 9.59 Å². The summed E-state index contributed by atoms with van der Waals surface area (Å²) in [5.74, 6) is -1.36. The minimum atomic E-state index is -0.737. The second kappa shape index (κ2) is 5.40. The summed E-state index contributed by atoms with van der Waals surface area (Å²) in [7, 11) is 0. The lowest BCUT2D eigenvalue weighted by Crippen LogP contribution is -2.32. The summed E-state index contributed by atoms with van der Waals surface area (Å²) in [6.45, 7) is 2.83. The predicted octanol–water partition coefficient (Wildman–Crippen LogP) is 1.07. The van der Waals surface area contributed by atoms with Gasteiger partial charge in [-0.3, -0.25) is 9.59 Å². The van der Waals surface area contributed by atoms with Crippen molar-refractivity contribution in [3.05, 3.63) is 24.0 Å². The number of anilines is 2. The first-order chi connectivity index (χ1) is 7.90. The van der Waals surface area contributed by atoms with Crippen LogP contribution < -0.4 is 16.4 Å². The highest BCUT2D eigenvalue weighted by Gasteiger charge is 2.11. The molecule has 0 saturated heterocycles. The average Bonchev–Trinajstić information content (AvgIpc) is 2.22. The van der Waals surface area contributed by atoms with Crippen molar-refractivity contribution in [1.29, 1.82) is 0 Å². The fourth-order valence-corrected chi connectivity index (χ4v) is 1.15. The molecule has 0 saturated carbocycles. The number of carbonyl (C=O) groups is 2. The van der Waals surface area contributed by atoms with Crippen LogP contribution in [0.4, 0.5) is 15.8 Å². The van der Waals surface area contributed by atoms with Crippen LogP contribution in [0.1, 0.15) is 13.8 Å². The normalized spacial score (nSPS) is 11.8. The molecule has 0 radical (unpaired) electrons. The van der Waals surface area contributed by atoms with Gasteiger partial charge in [0.1, 0.15) is 5.82 Å². The van der Waals surface area contributed by atoms with E-state index in [-0.39, 0.29) is 11.6 Å². The van der Waals surface area contributed by atoms with Crippen LogP contribution in [-0.4, -0.2) is 17.9 Å². The lowest BCUT2D eigenvalue weighted by atomic mass is 10.2. The van der Waals surface area contributed by atoms with Crippen molar-refractivity contribution >= 4 is 23.2 Å². The van der Waals surface area contributed by atoms with Crippen molar-refractivity contribution in [3.8, 4) is 0 Å². The zero-order chi connectivity index (χ0) is 13.0. The van der Waals surface area contributed by atoms with E-state index in [0.29, 0.717) is 5.69 Å². The van der Waals surface area contributed by atoms with Gasteiger partial charge in [-0.2, -0.15) is 0 Å². The number of nitrogens with one attached hydrogen (secondary N) is 2. The molecule has 0 aliphatic heterocycles. The summed E-state index contributed by atoms with van der Waals surface area (Å²) >= 11 is 0. The molecule has 5 nitrogen and oxygen atoms in total. The van der Waals surface area contributed by atoms with Crippen LogP contribution in [0, 0.1) is 5.82 Å². The molecule has 92 valence electrons. The maximum Gasteiger partial charge on any atom is 0.241 e. The van der Waals surface area contributed by atoms with Crippen molar-refractivity contribution in [3.63, 3.8) is 0 Å². The number of rotatable bonds is 3. The molecule has 0 aliphatic rings. The predicted molar refractivity (Wildman–Crippen MR) is 63.0 cm³/mol. The molecule has 0 heterocycles. The summed E-state index contributed by atoms with van der Waals surface area (Å²) < 4.78 is 13.4. The van der Waals surface area contributed by atoms with Crippen molar-refractivity contribution in [2.75, 3.05) is 10.6 Å². The van der Waals surface area contributed by atoms with E-state index in [2.05, 4.69) is 10.6 Å². The van der Waals surface area contributed by atoms with Crippen LogP contribution >= 0.6 is 0 Å². The standard InChI is InChI=1S/C11H14FN3O2/c1-6(13)11(17)15-10-5-8(14-7(2)16)3-4-9(10)12/h3-6H,13H2,1-2H3,(H,14,16)(H,15,17). The summed E-state index contributed by atoms with van der Waals surface area (Å²) in [6.07, 6.45) is 0. The number of hydrogen-bond acceptors (Lipinski definition) is 3. The minimum absolute atomic E-state index is 0.0152. The molecule has 2 amide bonds. The summed E-state index contributed by atoms with van der Waals surface area (Å²) in [4.78, 5) is 22.1. The van der Waals surface area contributed by atoms with E-state index in [1.165, 1.54) is 26.0 Å². The molecule has 1 aromatic rings. The van der Waals surface area contributed by atoms with E-state index < -0.39 is 17.8 Å². The van der Waals surface area contributed by atoms with Crippen LogP contribution in [0.5, 0.6) is 0 Å². The number of hydrogen-bond donors (Lipinski definition) is 3. The quantitative estimate of drug-likeness (QED) is 0.737. The highest BCUT2D eigenvalue weighted by atomic mass is 19.1. The molecule has 0 aromatic heterocycles. The summed E-state index contributed by atoms with van der Waals surface area (Å²) in [5, 5.41) is 4.82. The van der Waals surface area contributed by atoms with Crippen molar-refractivity contribution < 1.29 is 14.0 Å². The first kappa shape index (κ1) is 13.1. The number of amides is 2. The Labute approximate surface area is 98.2 Å². The Kier molecular flexibility index (Phi) is 4.17. The van der Waals surface area contributed by atoms with Crippen molar-refractivity contribution in [2.45, 2.75) is 19.9 Å². The Morgan fingerprint density at radius 2 is 2.00 bits per heavy atom. The zero-order valence-corrected chi connectivity index (χ0v) is 9.58. The monoisotopic (exact) mass is 239 g/mol. The molecule has 6 heteroatoms. The molecule has 0 aliphatic carbocycles. The fourth-order valence-electron chi connectivity index (χ4n) is 1.15. The molecule has 0 bridgehead atoms. The molecular weight excluding hydrogens is 225 g/mol. The van der Waals surface area contributed by atoms with E-state index in [1.54, 1.807) is 0 Å². The van der Waals surface area contributed by atoms with E-state index in [9.17, 15) is 14.0 Å². The average molecular weight is 239 g/mol. The van der Waals surface area contributed by atoms with E-state index >= 15 is 0 Å². The second-order valence-electron chi connectivity index (χ2n) is 3.65. The Morgan fingerprint density at radius 3 is 2.53 bits per heavy atom. The summed E-state index contributed by atoms with van der Waals surface area (Å²) in [5.41, 5.74) is 5.73. The first-order valence-corrected chi connectivity index (χ1v) is 5.03. The van der Waals surface area contributed by atoms with Gasteiger partial charge in [0.05, 0.1) is 11.7 Å². The maximum absolute atomic E-state index is 13.4. The van der Waals surface area contributed by atoms with Gasteiger partial charge in [0, 0.05) is 12.6 Å². The molecule has 17 heavy (non-hydrogen) atoms. The molecule has 4 N–H and O–H groups in total. The van der Waals surface area contributed by atoms with Gasteiger partial charge in [-0.1, -0.05) is 0 Å². The van der Waals surface area contributed by atoms with Gasteiger partial charge in [0.15, 0.2) is 0 Å². The molecule has 0 fully saturated rings. The fraction of sp³-hybridized carbons (Fsp3) is 0.273. The third-order valence-electron chi connectivity index (χ3n) is 1.96. The lowest BCUT2D eigenvalue weighted by molar-refractivity contribution is -0.117. The van der Waals surface area contributed by atoms with Gasteiger partial charge < -0.3 is 16.4 Å². The Balaban J connectivity index is 2.90. The molecule has 1 unspecified atom stereocenters. The van der Waals surface area contributed by atoms with Gasteiger partial charge in [-0.15, -0.1) is 0 Å². The highest BCUT2D eigenvalue weighted by Crippen LogP contribution is 2.19. The van der Waals surface area contributed by atoms with Gasteiger partial charge in [0.2, 0.25) is 11.8 Å². The lowest BCUT2D eigenvalue weighted by Gasteiger charge is -2.10. The van der Waals surface area contributed by atoms with Crippen LogP contribution in [0.3, 0.4) is 0 Å². The second-order valence-corrected chi connectivity index (χ2v) is 3.65. The molecule has 1 atom stereocenters. The highest BCUT2D eigenvalue weighted by molar-refractivity contribution is 5.95. The van der Waals surface area contributed by atoms with Gasteiger partial charge in [-0.05, 0) is 25.1 Å². The Hall–Kier alpha value is -1.95. The largest absolute Gasteiger partial charge is 0.326 e. The number of carbonyl (C=O) groups excluding carboxylic acids is 2. The maximum atomic E-state index is 13.4. The smallest absolute Gasteiger partial charge is 0.241 e. The molecular formula is C11H14FN3O2. The van der Waals surface area contributed by atoms with E-state index in [0.717, 1.165) is 6.07 Å². The molecule has 1 aromatic carbocycles. The third kappa shape index (κ3) is 3.84. The van der Waals surface area contributed by atoms with Gasteiger partial charge in [0.25, 0.3) is 0 Å². The number of benzene rings is 1. The summed E-state index contributed by atoms with van der Waals surface area (Å²) in [6, 6.07) is 3.15. The van der Waals surface area contributed by atoms with Gasteiger partial charge in [-0.25, -0.2) is 4.39 Å².